The number of nitrogens with zero attached hydrogens (tertiary/aromatic N) is 4. The average molecular weight is 344 g/mol. The standard InChI is InChI=1S/C13H9ClF3N5O/c1-22-5-9-11(21-22)12(23)20-10(19-9)3-8-7(14)2-6(4-18-8)13(15,16)17/h2,4-5H,3H2,1H3,(H,19,20,23). The van der Waals surface area contributed by atoms with Crippen molar-refractivity contribution in [3.63, 3.8) is 0 Å². The molecule has 3 aromatic heterocycles. The van der Waals surface area contributed by atoms with Gasteiger partial charge in [0, 0.05) is 19.7 Å². The Morgan fingerprint density at radius 1 is 1.39 bits per heavy atom. The number of pyridine rings is 1. The van der Waals surface area contributed by atoms with E-state index in [0.29, 0.717) is 11.7 Å². The molecule has 0 aliphatic heterocycles. The van der Waals surface area contributed by atoms with Gasteiger partial charge in [0.25, 0.3) is 5.56 Å². The molecule has 0 fully saturated rings. The molecule has 10 heteroatoms. The average Bonchev–Trinajstić information content (AvgIpc) is 2.81. The molecule has 3 heterocycles. The SMILES string of the molecule is Cn1cc2nc(Cc3ncc(C(F)(F)F)cc3Cl)[nH]c(=O)c2n1. The van der Waals surface area contributed by atoms with Crippen LogP contribution in [0.4, 0.5) is 13.2 Å². The third-order valence-corrected chi connectivity index (χ3v) is 3.44. The first-order chi connectivity index (χ1) is 10.7. The summed E-state index contributed by atoms with van der Waals surface area (Å²) in [6.45, 7) is 0. The molecule has 23 heavy (non-hydrogen) atoms. The summed E-state index contributed by atoms with van der Waals surface area (Å²) in [4.78, 5) is 22.3. The molecule has 120 valence electrons. The topological polar surface area (TPSA) is 76.5 Å². The van der Waals surface area contributed by atoms with Gasteiger partial charge in [-0.05, 0) is 6.07 Å². The number of H-pyrrole nitrogens is 1. The molecule has 0 saturated heterocycles. The molecule has 0 amide bonds. The lowest BCUT2D eigenvalue weighted by molar-refractivity contribution is -0.137. The molecule has 0 atom stereocenters. The second-order valence-corrected chi connectivity index (χ2v) is 5.28. The van der Waals surface area contributed by atoms with Crippen LogP contribution < -0.4 is 5.56 Å². The fourth-order valence-corrected chi connectivity index (χ4v) is 2.31. The van der Waals surface area contributed by atoms with Crippen molar-refractivity contribution in [1.29, 1.82) is 0 Å². The lowest BCUT2D eigenvalue weighted by Gasteiger charge is -2.08. The van der Waals surface area contributed by atoms with Gasteiger partial charge in [-0.25, -0.2) is 4.98 Å². The number of rotatable bonds is 2. The summed E-state index contributed by atoms with van der Waals surface area (Å²) in [7, 11) is 1.65. The van der Waals surface area contributed by atoms with Crippen LogP contribution in [0.15, 0.2) is 23.3 Å². The third-order valence-electron chi connectivity index (χ3n) is 3.12. The Balaban J connectivity index is 1.97. The molecule has 6 nitrogen and oxygen atoms in total. The Morgan fingerprint density at radius 2 is 2.13 bits per heavy atom. The maximum atomic E-state index is 12.6. The normalized spacial score (nSPS) is 12.0. The van der Waals surface area contributed by atoms with Crippen molar-refractivity contribution in [3.05, 3.63) is 50.9 Å². The molecular weight excluding hydrogens is 335 g/mol. The number of hydrogen-bond acceptors (Lipinski definition) is 4. The van der Waals surface area contributed by atoms with E-state index in [1.54, 1.807) is 13.2 Å². The van der Waals surface area contributed by atoms with Gasteiger partial charge in [-0.15, -0.1) is 0 Å². The number of aryl methyl sites for hydroxylation is 1. The second kappa shape index (κ2) is 5.34. The number of nitrogens with one attached hydrogen (secondary N) is 1. The molecular formula is C13H9ClF3N5O. The molecule has 0 bridgehead atoms. The quantitative estimate of drug-likeness (QED) is 0.774. The highest BCUT2D eigenvalue weighted by Gasteiger charge is 2.31. The number of hydrogen-bond donors (Lipinski definition) is 1. The van der Waals surface area contributed by atoms with E-state index in [0.717, 1.165) is 6.07 Å². The number of alkyl halides is 3. The summed E-state index contributed by atoms with van der Waals surface area (Å²) in [5.41, 5.74) is -0.618. The Kier molecular flexibility index (Phi) is 3.59. The number of aromatic amines is 1. The van der Waals surface area contributed by atoms with Crippen LogP contribution in [0, 0.1) is 0 Å². The van der Waals surface area contributed by atoms with E-state index < -0.39 is 17.3 Å². The van der Waals surface area contributed by atoms with Gasteiger partial charge in [0.15, 0.2) is 5.52 Å². The summed E-state index contributed by atoms with van der Waals surface area (Å²) in [6.07, 6.45) is -2.26. The fraction of sp³-hybridized carbons (Fsp3) is 0.231. The van der Waals surface area contributed by atoms with Crippen LogP contribution in [0.1, 0.15) is 17.1 Å². The van der Waals surface area contributed by atoms with E-state index in [1.165, 1.54) is 4.68 Å². The first-order valence-electron chi connectivity index (χ1n) is 6.38. The fourth-order valence-electron chi connectivity index (χ4n) is 2.08. The van der Waals surface area contributed by atoms with Crippen LogP contribution in [0.25, 0.3) is 11.0 Å². The van der Waals surface area contributed by atoms with E-state index in [1.807, 2.05) is 0 Å². The van der Waals surface area contributed by atoms with Gasteiger partial charge < -0.3 is 4.98 Å². The van der Waals surface area contributed by atoms with Gasteiger partial charge in [0.2, 0.25) is 0 Å². The molecule has 0 aromatic carbocycles. The number of halogens is 4. The molecule has 0 aliphatic carbocycles. The zero-order valence-electron chi connectivity index (χ0n) is 11.6. The summed E-state index contributed by atoms with van der Waals surface area (Å²) in [6, 6.07) is 0.796. The second-order valence-electron chi connectivity index (χ2n) is 4.88. The van der Waals surface area contributed by atoms with Crippen molar-refractivity contribution >= 4 is 22.6 Å². The van der Waals surface area contributed by atoms with Crippen molar-refractivity contribution in [2.24, 2.45) is 7.05 Å². The van der Waals surface area contributed by atoms with Crippen LogP contribution in [0.2, 0.25) is 5.02 Å². The monoisotopic (exact) mass is 343 g/mol. The van der Waals surface area contributed by atoms with Crippen molar-refractivity contribution in [1.82, 2.24) is 24.7 Å². The van der Waals surface area contributed by atoms with Gasteiger partial charge >= 0.3 is 6.18 Å². The summed E-state index contributed by atoms with van der Waals surface area (Å²) in [5.74, 6) is 0.240. The van der Waals surface area contributed by atoms with E-state index in [4.69, 9.17) is 11.6 Å². The summed E-state index contributed by atoms with van der Waals surface area (Å²) >= 11 is 5.85. The van der Waals surface area contributed by atoms with Gasteiger partial charge in [-0.2, -0.15) is 18.3 Å². The van der Waals surface area contributed by atoms with E-state index >= 15 is 0 Å². The molecule has 0 spiro atoms. The van der Waals surface area contributed by atoms with Gasteiger partial charge in [0.05, 0.1) is 22.5 Å². The highest BCUT2D eigenvalue weighted by molar-refractivity contribution is 6.31. The molecule has 3 aromatic rings. The van der Waals surface area contributed by atoms with Gasteiger partial charge in [0.1, 0.15) is 11.3 Å². The minimum absolute atomic E-state index is 0.00293. The predicted molar refractivity (Wildman–Crippen MR) is 76.2 cm³/mol. The zero-order valence-corrected chi connectivity index (χ0v) is 12.4. The number of fused-ring (bicyclic) bond motifs is 1. The predicted octanol–water partition coefficient (Wildman–Crippen LogP) is 2.31. The minimum Gasteiger partial charge on any atom is -0.308 e. The first-order valence-corrected chi connectivity index (χ1v) is 6.76. The van der Waals surface area contributed by atoms with Crippen LogP contribution >= 0.6 is 11.6 Å². The Labute approximate surface area is 131 Å². The Hall–Kier alpha value is -2.42. The highest BCUT2D eigenvalue weighted by atomic mass is 35.5. The lowest BCUT2D eigenvalue weighted by Crippen LogP contribution is -2.13. The van der Waals surface area contributed by atoms with Crippen molar-refractivity contribution in [2.75, 3.05) is 0 Å². The van der Waals surface area contributed by atoms with Crippen molar-refractivity contribution in [3.8, 4) is 0 Å². The maximum Gasteiger partial charge on any atom is 0.417 e. The summed E-state index contributed by atoms with van der Waals surface area (Å²) < 4.78 is 39.2. The Bertz CT molecular complexity index is 947. The molecule has 0 radical (unpaired) electrons. The highest BCUT2D eigenvalue weighted by Crippen LogP contribution is 2.31. The van der Waals surface area contributed by atoms with E-state index in [-0.39, 0.29) is 28.5 Å². The molecule has 0 saturated carbocycles. The number of aromatic nitrogens is 5. The third kappa shape index (κ3) is 3.04. The lowest BCUT2D eigenvalue weighted by atomic mass is 10.2. The zero-order chi connectivity index (χ0) is 16.8. The minimum atomic E-state index is -4.52. The maximum absolute atomic E-state index is 12.6. The van der Waals surface area contributed by atoms with E-state index in [9.17, 15) is 18.0 Å². The molecule has 3 rings (SSSR count). The van der Waals surface area contributed by atoms with Crippen LogP contribution in [-0.2, 0) is 19.6 Å². The molecule has 0 aliphatic rings. The largest absolute Gasteiger partial charge is 0.417 e. The van der Waals surface area contributed by atoms with Crippen LogP contribution in [0.3, 0.4) is 0 Å². The first kappa shape index (κ1) is 15.5. The summed E-state index contributed by atoms with van der Waals surface area (Å²) in [5, 5.41) is 3.82. The van der Waals surface area contributed by atoms with Crippen LogP contribution in [0.5, 0.6) is 0 Å². The van der Waals surface area contributed by atoms with Gasteiger partial charge in [-0.3, -0.25) is 14.5 Å². The smallest absolute Gasteiger partial charge is 0.308 e. The molecule has 1 N–H and O–H groups in total. The van der Waals surface area contributed by atoms with Gasteiger partial charge in [-0.1, -0.05) is 11.6 Å². The van der Waals surface area contributed by atoms with Crippen molar-refractivity contribution < 1.29 is 13.2 Å². The Morgan fingerprint density at radius 3 is 2.78 bits per heavy atom. The van der Waals surface area contributed by atoms with Crippen LogP contribution in [-0.4, -0.2) is 24.7 Å². The molecule has 0 unspecified atom stereocenters. The van der Waals surface area contributed by atoms with Crippen molar-refractivity contribution in [2.45, 2.75) is 12.6 Å². The van der Waals surface area contributed by atoms with E-state index in [2.05, 4.69) is 20.1 Å².